The molecule has 0 saturated heterocycles. The van der Waals surface area contributed by atoms with Gasteiger partial charge in [-0.2, -0.15) is 0 Å². The smallest absolute Gasteiger partial charge is 0.130 e. The summed E-state index contributed by atoms with van der Waals surface area (Å²) < 4.78 is 6.12. The first-order chi connectivity index (χ1) is 10.3. The summed E-state index contributed by atoms with van der Waals surface area (Å²) in [5.74, 6) is 2.53. The number of rotatable bonds is 8. The molecule has 0 amide bonds. The van der Waals surface area contributed by atoms with E-state index in [1.54, 1.807) is 0 Å². The second-order valence-electron chi connectivity index (χ2n) is 5.58. The van der Waals surface area contributed by atoms with Gasteiger partial charge in [0.15, 0.2) is 0 Å². The molecule has 0 aliphatic heterocycles. The molecular weight excluding hydrogens is 256 g/mol. The highest BCUT2D eigenvalue weighted by Crippen LogP contribution is 2.35. The van der Waals surface area contributed by atoms with Gasteiger partial charge >= 0.3 is 0 Å². The molecule has 1 heteroatoms. The van der Waals surface area contributed by atoms with E-state index in [0.29, 0.717) is 5.92 Å². The molecule has 1 atom stereocenters. The van der Waals surface area contributed by atoms with E-state index in [0.717, 1.165) is 11.5 Å². The lowest BCUT2D eigenvalue weighted by atomic mass is 9.89. The van der Waals surface area contributed by atoms with Gasteiger partial charge in [0.25, 0.3) is 0 Å². The quantitative estimate of drug-likeness (QED) is 0.533. The van der Waals surface area contributed by atoms with E-state index in [2.05, 4.69) is 38.1 Å². The second kappa shape index (κ2) is 8.51. The van der Waals surface area contributed by atoms with Crippen molar-refractivity contribution in [2.45, 2.75) is 51.9 Å². The lowest BCUT2D eigenvalue weighted by Gasteiger charge is -2.20. The van der Waals surface area contributed by atoms with E-state index in [9.17, 15) is 0 Å². The normalized spacial score (nSPS) is 12.1. The molecule has 0 aliphatic carbocycles. The monoisotopic (exact) mass is 282 g/mol. The predicted molar refractivity (Wildman–Crippen MR) is 90.1 cm³/mol. The molecule has 2 aromatic rings. The van der Waals surface area contributed by atoms with Crippen LogP contribution in [0.25, 0.3) is 0 Å². The lowest BCUT2D eigenvalue weighted by Crippen LogP contribution is -2.01. The van der Waals surface area contributed by atoms with Crippen LogP contribution in [0.2, 0.25) is 0 Å². The zero-order valence-corrected chi connectivity index (χ0v) is 13.2. The van der Waals surface area contributed by atoms with Crippen LogP contribution in [-0.4, -0.2) is 0 Å². The third-order valence-electron chi connectivity index (χ3n) is 3.87. The molecule has 1 nitrogen and oxygen atoms in total. The molecule has 0 aromatic heterocycles. The first-order valence-corrected chi connectivity index (χ1v) is 8.17. The fourth-order valence-corrected chi connectivity index (χ4v) is 2.78. The Bertz CT molecular complexity index is 518. The maximum Gasteiger partial charge on any atom is 0.130 e. The van der Waals surface area contributed by atoms with Crippen LogP contribution in [0.3, 0.4) is 0 Å². The number of hydrogen-bond acceptors (Lipinski definition) is 1. The van der Waals surface area contributed by atoms with Crippen LogP contribution in [0.4, 0.5) is 0 Å². The minimum atomic E-state index is 0.606. The van der Waals surface area contributed by atoms with Crippen LogP contribution in [0.15, 0.2) is 54.6 Å². The van der Waals surface area contributed by atoms with Gasteiger partial charge in [-0.05, 0) is 42.5 Å². The van der Waals surface area contributed by atoms with Crippen LogP contribution >= 0.6 is 0 Å². The largest absolute Gasteiger partial charge is 0.457 e. The Morgan fingerprint density at radius 3 is 2.24 bits per heavy atom. The highest BCUT2D eigenvalue weighted by Gasteiger charge is 2.15. The Morgan fingerprint density at radius 1 is 0.810 bits per heavy atom. The van der Waals surface area contributed by atoms with Gasteiger partial charge in [0, 0.05) is 0 Å². The number of para-hydroxylation sites is 2. The third kappa shape index (κ3) is 4.63. The summed E-state index contributed by atoms with van der Waals surface area (Å²) in [4.78, 5) is 0. The van der Waals surface area contributed by atoms with Crippen LogP contribution < -0.4 is 4.74 Å². The molecule has 0 aliphatic rings. The molecule has 112 valence electrons. The highest BCUT2D eigenvalue weighted by atomic mass is 16.5. The molecule has 0 fully saturated rings. The van der Waals surface area contributed by atoms with Crippen LogP contribution in [0.5, 0.6) is 11.5 Å². The van der Waals surface area contributed by atoms with E-state index in [1.165, 1.54) is 37.7 Å². The summed E-state index contributed by atoms with van der Waals surface area (Å²) in [5.41, 5.74) is 1.36. The average molecular weight is 282 g/mol. The van der Waals surface area contributed by atoms with Gasteiger partial charge in [-0.1, -0.05) is 69.5 Å². The number of ether oxygens (including phenoxy) is 1. The van der Waals surface area contributed by atoms with Crippen LogP contribution in [0.1, 0.15) is 57.4 Å². The molecule has 0 bridgehead atoms. The fraction of sp³-hybridized carbons (Fsp3) is 0.400. The SMILES string of the molecule is CCCCC(CCC)c1ccccc1Oc1ccccc1. The van der Waals surface area contributed by atoms with Gasteiger partial charge in [0.2, 0.25) is 0 Å². The predicted octanol–water partition coefficient (Wildman–Crippen LogP) is 6.55. The Balaban J connectivity index is 2.21. The molecule has 0 saturated carbocycles. The first-order valence-electron chi connectivity index (χ1n) is 8.17. The van der Waals surface area contributed by atoms with Crippen molar-refractivity contribution in [3.05, 3.63) is 60.2 Å². The van der Waals surface area contributed by atoms with Crippen molar-refractivity contribution >= 4 is 0 Å². The molecule has 0 heterocycles. The maximum atomic E-state index is 6.12. The number of unbranched alkanes of at least 4 members (excludes halogenated alkanes) is 1. The van der Waals surface area contributed by atoms with E-state index < -0.39 is 0 Å². The Labute approximate surface area is 129 Å². The molecule has 21 heavy (non-hydrogen) atoms. The van der Waals surface area contributed by atoms with Gasteiger partial charge < -0.3 is 4.74 Å². The summed E-state index contributed by atoms with van der Waals surface area (Å²) in [6, 6.07) is 18.6. The van der Waals surface area contributed by atoms with Crippen molar-refractivity contribution in [2.75, 3.05) is 0 Å². The maximum absolute atomic E-state index is 6.12. The molecule has 2 rings (SSSR count). The van der Waals surface area contributed by atoms with Gasteiger partial charge in [0.05, 0.1) is 0 Å². The zero-order valence-electron chi connectivity index (χ0n) is 13.2. The molecule has 0 N–H and O–H groups in total. The minimum Gasteiger partial charge on any atom is -0.457 e. The Hall–Kier alpha value is -1.76. The average Bonchev–Trinajstić information content (AvgIpc) is 2.53. The fourth-order valence-electron chi connectivity index (χ4n) is 2.78. The van der Waals surface area contributed by atoms with E-state index in [1.807, 2.05) is 30.3 Å². The third-order valence-corrected chi connectivity index (χ3v) is 3.87. The number of benzene rings is 2. The van der Waals surface area contributed by atoms with Gasteiger partial charge in [-0.15, -0.1) is 0 Å². The summed E-state index contributed by atoms with van der Waals surface area (Å²) in [6.45, 7) is 4.52. The van der Waals surface area contributed by atoms with Gasteiger partial charge in [-0.3, -0.25) is 0 Å². The molecule has 1 unspecified atom stereocenters. The van der Waals surface area contributed by atoms with E-state index in [4.69, 9.17) is 4.74 Å². The lowest BCUT2D eigenvalue weighted by molar-refractivity contribution is 0.456. The minimum absolute atomic E-state index is 0.606. The highest BCUT2D eigenvalue weighted by molar-refractivity contribution is 5.39. The molecule has 0 spiro atoms. The molecule has 0 radical (unpaired) electrons. The van der Waals surface area contributed by atoms with Gasteiger partial charge in [-0.25, -0.2) is 0 Å². The van der Waals surface area contributed by atoms with E-state index in [-0.39, 0.29) is 0 Å². The van der Waals surface area contributed by atoms with Crippen molar-refractivity contribution in [1.29, 1.82) is 0 Å². The Kier molecular flexibility index (Phi) is 6.33. The van der Waals surface area contributed by atoms with Crippen molar-refractivity contribution in [3.63, 3.8) is 0 Å². The second-order valence-corrected chi connectivity index (χ2v) is 5.58. The van der Waals surface area contributed by atoms with Crippen molar-refractivity contribution < 1.29 is 4.74 Å². The van der Waals surface area contributed by atoms with Crippen molar-refractivity contribution in [2.24, 2.45) is 0 Å². The molecule has 2 aromatic carbocycles. The van der Waals surface area contributed by atoms with Crippen LogP contribution in [-0.2, 0) is 0 Å². The summed E-state index contributed by atoms with van der Waals surface area (Å²) >= 11 is 0. The summed E-state index contributed by atoms with van der Waals surface area (Å²) in [5, 5.41) is 0. The van der Waals surface area contributed by atoms with Crippen LogP contribution in [0, 0.1) is 0 Å². The zero-order chi connectivity index (χ0) is 14.9. The number of hydrogen-bond donors (Lipinski definition) is 0. The summed E-state index contributed by atoms with van der Waals surface area (Å²) in [6.07, 6.45) is 6.23. The van der Waals surface area contributed by atoms with E-state index >= 15 is 0 Å². The topological polar surface area (TPSA) is 9.23 Å². The Morgan fingerprint density at radius 2 is 1.52 bits per heavy atom. The van der Waals surface area contributed by atoms with Crippen molar-refractivity contribution in [3.8, 4) is 11.5 Å². The standard InChI is InChI=1S/C20H26O/c1-3-5-12-17(11-4-2)19-15-9-10-16-20(19)21-18-13-7-6-8-14-18/h6-10,13-17H,3-5,11-12H2,1-2H3. The van der Waals surface area contributed by atoms with Crippen molar-refractivity contribution in [1.82, 2.24) is 0 Å². The first kappa shape index (κ1) is 15.6. The van der Waals surface area contributed by atoms with Gasteiger partial charge in [0.1, 0.15) is 11.5 Å². The summed E-state index contributed by atoms with van der Waals surface area (Å²) in [7, 11) is 0. The molecular formula is C20H26O.